The third-order valence-corrected chi connectivity index (χ3v) is 5.56. The Kier molecular flexibility index (Phi) is 6.34. The molecule has 180 valence electrons. The van der Waals surface area contributed by atoms with Gasteiger partial charge in [0.2, 0.25) is 11.7 Å². The second-order valence-electron chi connectivity index (χ2n) is 7.96. The highest BCUT2D eigenvalue weighted by molar-refractivity contribution is 5.77. The molecule has 0 bridgehead atoms. The number of amides is 1. The van der Waals surface area contributed by atoms with Crippen LogP contribution in [0.25, 0.3) is 11.3 Å². The summed E-state index contributed by atoms with van der Waals surface area (Å²) in [6, 6.07) is 3.32. The van der Waals surface area contributed by atoms with Crippen LogP contribution in [0, 0.1) is 17.5 Å². The van der Waals surface area contributed by atoms with Crippen molar-refractivity contribution in [3.63, 3.8) is 0 Å². The van der Waals surface area contributed by atoms with Crippen LogP contribution in [0.5, 0.6) is 0 Å². The van der Waals surface area contributed by atoms with Gasteiger partial charge in [-0.3, -0.25) is 9.78 Å². The van der Waals surface area contributed by atoms with Crippen molar-refractivity contribution in [1.29, 1.82) is 0 Å². The van der Waals surface area contributed by atoms with Crippen molar-refractivity contribution in [2.24, 2.45) is 5.73 Å². The van der Waals surface area contributed by atoms with Gasteiger partial charge in [-0.2, -0.15) is 13.2 Å². The Morgan fingerprint density at radius 3 is 2.53 bits per heavy atom. The number of rotatable bonds is 5. The van der Waals surface area contributed by atoms with Crippen molar-refractivity contribution in [3.05, 3.63) is 71.2 Å². The van der Waals surface area contributed by atoms with Gasteiger partial charge >= 0.3 is 6.18 Å². The lowest BCUT2D eigenvalue weighted by molar-refractivity contribution is -0.148. The van der Waals surface area contributed by atoms with Crippen LogP contribution in [-0.2, 0) is 30.5 Å². The van der Waals surface area contributed by atoms with Crippen molar-refractivity contribution in [2.75, 3.05) is 6.54 Å². The van der Waals surface area contributed by atoms with E-state index in [4.69, 9.17) is 5.73 Å². The zero-order chi connectivity index (χ0) is 24.6. The second-order valence-corrected chi connectivity index (χ2v) is 7.96. The maximum atomic E-state index is 13.9. The Bertz CT molecular complexity index is 1210. The van der Waals surface area contributed by atoms with Gasteiger partial charge in [0.25, 0.3) is 0 Å². The van der Waals surface area contributed by atoms with Crippen LogP contribution in [0.15, 0.2) is 36.7 Å². The van der Waals surface area contributed by atoms with Crippen molar-refractivity contribution >= 4 is 5.91 Å². The number of aromatic nitrogens is 3. The molecular formula is C22H19F6N5O. The van der Waals surface area contributed by atoms with E-state index in [1.54, 1.807) is 12.1 Å². The fourth-order valence-electron chi connectivity index (χ4n) is 3.96. The number of carbonyl (C=O) groups excluding carboxylic acids is 1. The molecule has 0 radical (unpaired) electrons. The molecule has 1 aliphatic rings. The number of benzene rings is 1. The Hall–Kier alpha value is -3.41. The van der Waals surface area contributed by atoms with E-state index >= 15 is 0 Å². The molecule has 0 spiro atoms. The Morgan fingerprint density at radius 1 is 1.12 bits per heavy atom. The molecular weight excluding hydrogens is 464 g/mol. The molecule has 4 rings (SSSR count). The summed E-state index contributed by atoms with van der Waals surface area (Å²) in [7, 11) is 0. The molecule has 6 nitrogen and oxygen atoms in total. The van der Waals surface area contributed by atoms with E-state index < -0.39 is 41.4 Å². The van der Waals surface area contributed by atoms with Crippen molar-refractivity contribution in [2.45, 2.75) is 38.1 Å². The van der Waals surface area contributed by atoms with Crippen LogP contribution in [0.3, 0.4) is 0 Å². The van der Waals surface area contributed by atoms with Gasteiger partial charge in [-0.25, -0.2) is 18.2 Å². The van der Waals surface area contributed by atoms with Gasteiger partial charge in [-0.05, 0) is 30.2 Å². The van der Waals surface area contributed by atoms with Crippen molar-refractivity contribution in [1.82, 2.24) is 19.4 Å². The summed E-state index contributed by atoms with van der Waals surface area (Å²) in [6.07, 6.45) is -2.31. The molecule has 3 heterocycles. The third kappa shape index (κ3) is 4.76. The smallest absolute Gasteiger partial charge is 0.335 e. The van der Waals surface area contributed by atoms with Gasteiger partial charge in [0.1, 0.15) is 5.82 Å². The van der Waals surface area contributed by atoms with Gasteiger partial charge in [-0.15, -0.1) is 0 Å². The Labute approximate surface area is 190 Å². The molecule has 1 aliphatic heterocycles. The minimum Gasteiger partial charge on any atom is -0.335 e. The maximum Gasteiger partial charge on any atom is 0.449 e. The molecule has 34 heavy (non-hydrogen) atoms. The number of pyridine rings is 1. The van der Waals surface area contributed by atoms with Crippen LogP contribution < -0.4 is 5.73 Å². The molecule has 1 atom stereocenters. The first-order valence-electron chi connectivity index (χ1n) is 10.3. The first kappa shape index (κ1) is 23.7. The van der Waals surface area contributed by atoms with Crippen LogP contribution in [-0.4, -0.2) is 37.9 Å². The molecule has 0 saturated heterocycles. The molecule has 1 amide bonds. The summed E-state index contributed by atoms with van der Waals surface area (Å²) in [5.74, 6) is -5.07. The molecule has 0 fully saturated rings. The maximum absolute atomic E-state index is 13.9. The summed E-state index contributed by atoms with van der Waals surface area (Å²) < 4.78 is 82.1. The van der Waals surface area contributed by atoms with E-state index in [0.29, 0.717) is 17.7 Å². The quantitative estimate of drug-likeness (QED) is 0.444. The molecule has 1 aromatic carbocycles. The fraction of sp³-hybridized carbons (Fsp3) is 0.318. The third-order valence-electron chi connectivity index (χ3n) is 5.56. The molecule has 1 unspecified atom stereocenters. The number of imidazole rings is 1. The van der Waals surface area contributed by atoms with E-state index in [2.05, 4.69) is 9.97 Å². The molecule has 0 aliphatic carbocycles. The number of nitrogens with two attached hydrogens (primary N) is 1. The number of hydrogen-bond acceptors (Lipinski definition) is 4. The van der Waals surface area contributed by atoms with Gasteiger partial charge in [0.15, 0.2) is 11.6 Å². The van der Waals surface area contributed by atoms with Crippen LogP contribution >= 0.6 is 0 Å². The van der Waals surface area contributed by atoms with Crippen LogP contribution in [0.1, 0.15) is 23.5 Å². The van der Waals surface area contributed by atoms with Crippen molar-refractivity contribution < 1.29 is 31.1 Å². The van der Waals surface area contributed by atoms with Gasteiger partial charge in [-0.1, -0.05) is 0 Å². The summed E-state index contributed by atoms with van der Waals surface area (Å²) in [6.45, 7) is -0.279. The van der Waals surface area contributed by atoms with E-state index in [1.807, 2.05) is 0 Å². The highest BCUT2D eigenvalue weighted by Crippen LogP contribution is 2.35. The molecule has 2 N–H and O–H groups in total. The van der Waals surface area contributed by atoms with E-state index in [0.717, 1.165) is 4.57 Å². The van der Waals surface area contributed by atoms with Gasteiger partial charge in [0, 0.05) is 49.6 Å². The number of fused-ring (bicyclic) bond motifs is 1. The largest absolute Gasteiger partial charge is 0.449 e. The number of hydrogen-bond donors (Lipinski definition) is 1. The topological polar surface area (TPSA) is 77.0 Å². The lowest BCUT2D eigenvalue weighted by Crippen LogP contribution is -2.42. The average molecular weight is 483 g/mol. The summed E-state index contributed by atoms with van der Waals surface area (Å²) in [5.41, 5.74) is 6.43. The molecule has 2 aromatic heterocycles. The standard InChI is InChI=1S/C22H19F6N5O/c23-15-9-17(25)16(24)7-13(15)6-14(29)8-19(34)32-4-5-33-18(11-32)20(12-2-1-3-30-10-12)31-21(33)22(26,27)28/h1-3,7,9-10,14H,4-6,8,11,29H2. The lowest BCUT2D eigenvalue weighted by atomic mass is 10.0. The minimum atomic E-state index is -4.68. The average Bonchev–Trinajstić information content (AvgIpc) is 3.17. The number of carbonyl (C=O) groups is 1. The number of alkyl halides is 3. The number of nitrogens with zero attached hydrogens (tertiary/aromatic N) is 4. The Balaban J connectivity index is 1.53. The summed E-state index contributed by atoms with van der Waals surface area (Å²) in [4.78, 5) is 21.9. The minimum absolute atomic E-state index is 0.00991. The molecule has 3 aromatic rings. The van der Waals surface area contributed by atoms with E-state index in [-0.39, 0.29) is 49.4 Å². The zero-order valence-corrected chi connectivity index (χ0v) is 17.6. The molecule has 0 saturated carbocycles. The van der Waals surface area contributed by atoms with Gasteiger partial charge < -0.3 is 15.2 Å². The van der Waals surface area contributed by atoms with Crippen LogP contribution in [0.4, 0.5) is 26.3 Å². The zero-order valence-electron chi connectivity index (χ0n) is 17.6. The predicted molar refractivity (Wildman–Crippen MR) is 108 cm³/mol. The normalized spacial score (nSPS) is 14.7. The van der Waals surface area contributed by atoms with Gasteiger partial charge in [0.05, 0.1) is 17.9 Å². The van der Waals surface area contributed by atoms with E-state index in [1.165, 1.54) is 17.3 Å². The second kappa shape index (κ2) is 9.09. The summed E-state index contributed by atoms with van der Waals surface area (Å²) >= 11 is 0. The fourth-order valence-corrected chi connectivity index (χ4v) is 3.96. The number of halogens is 6. The molecule has 12 heteroatoms. The first-order chi connectivity index (χ1) is 16.0. The SMILES string of the molecule is NC(CC(=O)N1CCn2c(C(F)(F)F)nc(-c3cccnc3)c2C1)Cc1cc(F)c(F)cc1F. The highest BCUT2D eigenvalue weighted by atomic mass is 19.4. The van der Waals surface area contributed by atoms with Crippen LogP contribution in [0.2, 0.25) is 0 Å². The monoisotopic (exact) mass is 483 g/mol. The summed E-state index contributed by atoms with van der Waals surface area (Å²) in [5, 5.41) is 0. The van der Waals surface area contributed by atoms with E-state index in [9.17, 15) is 31.1 Å². The van der Waals surface area contributed by atoms with Crippen molar-refractivity contribution in [3.8, 4) is 11.3 Å². The predicted octanol–water partition coefficient (Wildman–Crippen LogP) is 3.68. The first-order valence-corrected chi connectivity index (χ1v) is 10.3. The Morgan fingerprint density at radius 2 is 1.85 bits per heavy atom. The lowest BCUT2D eigenvalue weighted by Gasteiger charge is -2.30. The highest BCUT2D eigenvalue weighted by Gasteiger charge is 2.40.